The summed E-state index contributed by atoms with van der Waals surface area (Å²) in [7, 11) is 0. The molecule has 24 heavy (non-hydrogen) atoms. The fourth-order valence-corrected chi connectivity index (χ4v) is 2.97. The number of phenols is 1. The molecule has 0 unspecified atom stereocenters. The van der Waals surface area contributed by atoms with Crippen molar-refractivity contribution in [3.63, 3.8) is 0 Å². The van der Waals surface area contributed by atoms with Crippen LogP contribution in [-0.2, 0) is 4.79 Å². The largest absolute Gasteiger partial charge is 0.507 e. The lowest BCUT2D eigenvalue weighted by molar-refractivity contribution is -0.130. The minimum Gasteiger partial charge on any atom is -0.507 e. The van der Waals surface area contributed by atoms with Crippen LogP contribution in [0.1, 0.15) is 37.4 Å². The first kappa shape index (κ1) is 16.1. The van der Waals surface area contributed by atoms with E-state index in [9.17, 15) is 9.90 Å². The summed E-state index contributed by atoms with van der Waals surface area (Å²) < 4.78 is 5.70. The van der Waals surface area contributed by atoms with Crippen molar-refractivity contribution in [2.24, 2.45) is 5.10 Å². The van der Waals surface area contributed by atoms with Gasteiger partial charge in [-0.25, -0.2) is 5.01 Å². The minimum atomic E-state index is -0.236. The number of carbonyl (C=O) groups excluding carboxylic acids is 1. The summed E-state index contributed by atoms with van der Waals surface area (Å²) in [6, 6.07) is 14.5. The molecule has 0 spiro atoms. The van der Waals surface area contributed by atoms with E-state index >= 15 is 0 Å². The van der Waals surface area contributed by atoms with Crippen molar-refractivity contribution in [1.82, 2.24) is 5.01 Å². The summed E-state index contributed by atoms with van der Waals surface area (Å²) in [6.07, 6.45) is 0.529. The van der Waals surface area contributed by atoms with Gasteiger partial charge in [0.2, 0.25) is 5.91 Å². The number of hydrazone groups is 1. The Hall–Kier alpha value is -2.82. The fraction of sp³-hybridized carbons (Fsp3) is 0.263. The highest BCUT2D eigenvalue weighted by molar-refractivity contribution is 6.05. The monoisotopic (exact) mass is 324 g/mol. The molecule has 1 amide bonds. The number of nitrogens with zero attached hydrogens (tertiary/aromatic N) is 2. The zero-order valence-electron chi connectivity index (χ0n) is 13.8. The second kappa shape index (κ2) is 6.74. The van der Waals surface area contributed by atoms with Gasteiger partial charge >= 0.3 is 0 Å². The van der Waals surface area contributed by atoms with Crippen LogP contribution in [0.15, 0.2) is 53.6 Å². The molecule has 1 aliphatic rings. The van der Waals surface area contributed by atoms with Gasteiger partial charge in [0.1, 0.15) is 11.5 Å². The number of amides is 1. The van der Waals surface area contributed by atoms with Crippen molar-refractivity contribution in [3.8, 4) is 11.5 Å². The van der Waals surface area contributed by atoms with Crippen LogP contribution < -0.4 is 4.74 Å². The number of benzene rings is 2. The van der Waals surface area contributed by atoms with E-state index in [1.165, 1.54) is 11.9 Å². The molecule has 2 aromatic rings. The Balaban J connectivity index is 1.99. The molecule has 0 bridgehead atoms. The standard InChI is InChI=1S/C19H20N2O3/c1-3-24-19-11-7-5-9-15(19)17-12-16(20-21(17)13(2)22)14-8-4-6-10-18(14)23/h4-11,17,23H,3,12H2,1-2H3/t17-/m0/s1. The SMILES string of the molecule is CCOc1ccccc1[C@@H]1CC(c2ccccc2O)=NN1C(C)=O. The Kier molecular flexibility index (Phi) is 4.51. The molecule has 1 atom stereocenters. The van der Waals surface area contributed by atoms with Gasteiger partial charge in [0.25, 0.3) is 0 Å². The van der Waals surface area contributed by atoms with Gasteiger partial charge < -0.3 is 9.84 Å². The minimum absolute atomic E-state index is 0.142. The normalized spacial score (nSPS) is 16.8. The lowest BCUT2D eigenvalue weighted by Crippen LogP contribution is -2.24. The summed E-state index contributed by atoms with van der Waals surface area (Å²) in [4.78, 5) is 12.1. The highest BCUT2D eigenvalue weighted by Gasteiger charge is 2.33. The van der Waals surface area contributed by atoms with E-state index in [-0.39, 0.29) is 17.7 Å². The molecule has 5 heteroatoms. The molecule has 1 aliphatic heterocycles. The molecule has 2 aromatic carbocycles. The van der Waals surface area contributed by atoms with Crippen molar-refractivity contribution >= 4 is 11.6 Å². The average molecular weight is 324 g/mol. The molecule has 5 nitrogen and oxygen atoms in total. The molecule has 1 heterocycles. The first-order valence-corrected chi connectivity index (χ1v) is 7.99. The third-order valence-electron chi connectivity index (χ3n) is 4.03. The number of rotatable bonds is 4. The second-order valence-corrected chi connectivity index (χ2v) is 5.62. The first-order valence-electron chi connectivity index (χ1n) is 7.99. The summed E-state index contributed by atoms with van der Waals surface area (Å²) >= 11 is 0. The fourth-order valence-electron chi connectivity index (χ4n) is 2.97. The van der Waals surface area contributed by atoms with Crippen LogP contribution in [0, 0.1) is 0 Å². The van der Waals surface area contributed by atoms with Gasteiger partial charge in [-0.15, -0.1) is 0 Å². The van der Waals surface area contributed by atoms with Crippen molar-refractivity contribution in [2.45, 2.75) is 26.3 Å². The van der Waals surface area contributed by atoms with Gasteiger partial charge in [0.05, 0.1) is 18.4 Å². The smallest absolute Gasteiger partial charge is 0.240 e. The quantitative estimate of drug-likeness (QED) is 0.936. The van der Waals surface area contributed by atoms with Crippen molar-refractivity contribution in [1.29, 1.82) is 0 Å². The third kappa shape index (κ3) is 2.97. The van der Waals surface area contributed by atoms with Crippen molar-refractivity contribution in [2.75, 3.05) is 6.61 Å². The van der Waals surface area contributed by atoms with E-state index in [0.717, 1.165) is 11.3 Å². The first-order chi connectivity index (χ1) is 11.6. The van der Waals surface area contributed by atoms with E-state index < -0.39 is 0 Å². The molecular weight excluding hydrogens is 304 g/mol. The zero-order chi connectivity index (χ0) is 17.1. The highest BCUT2D eigenvalue weighted by Crippen LogP contribution is 2.38. The van der Waals surface area contributed by atoms with Crippen LogP contribution in [0.5, 0.6) is 11.5 Å². The molecule has 124 valence electrons. The van der Waals surface area contributed by atoms with Crippen LogP contribution in [0.2, 0.25) is 0 Å². The Labute approximate surface area is 141 Å². The van der Waals surface area contributed by atoms with Crippen LogP contribution in [0.25, 0.3) is 0 Å². The van der Waals surface area contributed by atoms with Crippen molar-refractivity contribution in [3.05, 3.63) is 59.7 Å². The Bertz CT molecular complexity index is 786. The van der Waals surface area contributed by atoms with Crippen LogP contribution in [0.4, 0.5) is 0 Å². The number of phenolic OH excluding ortho intramolecular Hbond substituents is 1. The predicted octanol–water partition coefficient (Wildman–Crippen LogP) is 3.49. The summed E-state index contributed by atoms with van der Waals surface area (Å²) in [5.74, 6) is 0.778. The lowest BCUT2D eigenvalue weighted by Gasteiger charge is -2.22. The Morgan fingerprint density at radius 2 is 1.96 bits per heavy atom. The molecule has 0 aromatic heterocycles. The number of carbonyl (C=O) groups is 1. The van der Waals surface area contributed by atoms with E-state index in [1.807, 2.05) is 43.3 Å². The summed E-state index contributed by atoms with van der Waals surface area (Å²) in [6.45, 7) is 3.97. The number of aromatic hydroxyl groups is 1. The van der Waals surface area contributed by atoms with Gasteiger partial charge in [-0.2, -0.15) is 5.10 Å². The van der Waals surface area contributed by atoms with Crippen LogP contribution in [-0.4, -0.2) is 28.3 Å². The topological polar surface area (TPSA) is 62.1 Å². The Morgan fingerprint density at radius 1 is 1.25 bits per heavy atom. The molecule has 1 N–H and O–H groups in total. The van der Waals surface area contributed by atoms with Gasteiger partial charge in [-0.05, 0) is 25.1 Å². The van der Waals surface area contributed by atoms with Gasteiger partial charge in [-0.1, -0.05) is 30.3 Å². The molecule has 0 saturated heterocycles. The predicted molar refractivity (Wildman–Crippen MR) is 92.1 cm³/mol. The second-order valence-electron chi connectivity index (χ2n) is 5.62. The third-order valence-corrected chi connectivity index (χ3v) is 4.03. The molecule has 0 saturated carbocycles. The van der Waals surface area contributed by atoms with E-state index in [0.29, 0.717) is 24.3 Å². The van der Waals surface area contributed by atoms with Crippen molar-refractivity contribution < 1.29 is 14.6 Å². The van der Waals surface area contributed by atoms with Gasteiger partial charge in [-0.3, -0.25) is 4.79 Å². The highest BCUT2D eigenvalue weighted by atomic mass is 16.5. The maximum absolute atomic E-state index is 12.1. The number of para-hydroxylation sites is 2. The summed E-state index contributed by atoms with van der Waals surface area (Å²) in [5.41, 5.74) is 2.27. The molecule has 0 radical (unpaired) electrons. The zero-order valence-corrected chi connectivity index (χ0v) is 13.8. The van der Waals surface area contributed by atoms with Crippen LogP contribution in [0.3, 0.4) is 0 Å². The summed E-state index contributed by atoms with van der Waals surface area (Å²) in [5, 5.41) is 16.0. The number of hydrogen-bond donors (Lipinski definition) is 1. The van der Waals surface area contributed by atoms with Gasteiger partial charge in [0.15, 0.2) is 0 Å². The number of hydrogen-bond acceptors (Lipinski definition) is 4. The lowest BCUT2D eigenvalue weighted by atomic mass is 9.97. The molecule has 3 rings (SSSR count). The van der Waals surface area contributed by atoms with E-state index in [2.05, 4.69) is 5.10 Å². The van der Waals surface area contributed by atoms with Gasteiger partial charge in [0, 0.05) is 24.5 Å². The Morgan fingerprint density at radius 3 is 2.67 bits per heavy atom. The molecular formula is C19H20N2O3. The molecule has 0 aliphatic carbocycles. The van der Waals surface area contributed by atoms with E-state index in [1.54, 1.807) is 12.1 Å². The van der Waals surface area contributed by atoms with E-state index in [4.69, 9.17) is 4.74 Å². The number of ether oxygens (including phenoxy) is 1. The van der Waals surface area contributed by atoms with Crippen LogP contribution >= 0.6 is 0 Å². The maximum atomic E-state index is 12.1. The molecule has 0 fully saturated rings. The maximum Gasteiger partial charge on any atom is 0.240 e. The average Bonchev–Trinajstić information content (AvgIpc) is 3.01.